The number of hydrogen-bond acceptors (Lipinski definition) is 3. The van der Waals surface area contributed by atoms with Gasteiger partial charge in [-0.3, -0.25) is 4.79 Å². The number of carboxylic acids is 1. The first kappa shape index (κ1) is 10.5. The van der Waals surface area contributed by atoms with Gasteiger partial charge in [0.25, 0.3) is 0 Å². The van der Waals surface area contributed by atoms with E-state index in [1.807, 2.05) is 0 Å². The van der Waals surface area contributed by atoms with Gasteiger partial charge < -0.3 is 15.3 Å². The van der Waals surface area contributed by atoms with Crippen molar-refractivity contribution in [2.45, 2.75) is 19.4 Å². The van der Waals surface area contributed by atoms with Gasteiger partial charge in [-0.05, 0) is 24.1 Å². The second-order valence-electron chi connectivity index (χ2n) is 3.01. The molecular formula is C10H12O4. The molecule has 0 atom stereocenters. The molecule has 14 heavy (non-hydrogen) atoms. The fourth-order valence-electron chi connectivity index (χ4n) is 1.17. The Hall–Kier alpha value is -1.55. The number of aliphatic carboxylic acids is 1. The quantitative estimate of drug-likeness (QED) is 0.668. The zero-order valence-corrected chi connectivity index (χ0v) is 7.60. The Labute approximate surface area is 81.4 Å². The minimum atomic E-state index is -0.858. The summed E-state index contributed by atoms with van der Waals surface area (Å²) in [5, 5.41) is 26.5. The summed E-state index contributed by atoms with van der Waals surface area (Å²) in [6.07, 6.45) is 0.457. The van der Waals surface area contributed by atoms with E-state index in [-0.39, 0.29) is 18.8 Å². The van der Waals surface area contributed by atoms with Gasteiger partial charge in [-0.2, -0.15) is 0 Å². The standard InChI is InChI=1S/C10H12O4/c11-6-8-5-7(1-3-9(8)12)2-4-10(13)14/h1,3,5,11-12H,2,4,6H2,(H,13,14). The van der Waals surface area contributed by atoms with E-state index in [4.69, 9.17) is 10.2 Å². The van der Waals surface area contributed by atoms with Crippen molar-refractivity contribution < 1.29 is 20.1 Å². The van der Waals surface area contributed by atoms with Crippen LogP contribution in [0.4, 0.5) is 0 Å². The molecule has 76 valence electrons. The number of carbonyl (C=O) groups is 1. The van der Waals surface area contributed by atoms with Gasteiger partial charge in [0.15, 0.2) is 0 Å². The minimum Gasteiger partial charge on any atom is -0.508 e. The molecule has 0 spiro atoms. The largest absolute Gasteiger partial charge is 0.508 e. The molecule has 0 bridgehead atoms. The highest BCUT2D eigenvalue weighted by Gasteiger charge is 2.03. The fraction of sp³-hybridized carbons (Fsp3) is 0.300. The highest BCUT2D eigenvalue weighted by molar-refractivity contribution is 5.67. The molecule has 0 aliphatic carbocycles. The SMILES string of the molecule is O=C(O)CCc1ccc(O)c(CO)c1. The molecule has 3 N–H and O–H groups in total. The van der Waals surface area contributed by atoms with Gasteiger partial charge in [-0.15, -0.1) is 0 Å². The second-order valence-corrected chi connectivity index (χ2v) is 3.01. The number of aliphatic hydroxyl groups excluding tert-OH is 1. The molecule has 0 aromatic heterocycles. The van der Waals surface area contributed by atoms with E-state index in [9.17, 15) is 9.90 Å². The maximum Gasteiger partial charge on any atom is 0.303 e. The van der Waals surface area contributed by atoms with Crippen LogP contribution >= 0.6 is 0 Å². The Bertz CT molecular complexity index is 333. The van der Waals surface area contributed by atoms with E-state index in [0.29, 0.717) is 12.0 Å². The maximum absolute atomic E-state index is 10.3. The van der Waals surface area contributed by atoms with E-state index in [0.717, 1.165) is 5.56 Å². The molecular weight excluding hydrogens is 184 g/mol. The van der Waals surface area contributed by atoms with Crippen molar-refractivity contribution in [1.82, 2.24) is 0 Å². The maximum atomic E-state index is 10.3. The zero-order chi connectivity index (χ0) is 10.6. The lowest BCUT2D eigenvalue weighted by atomic mass is 10.1. The summed E-state index contributed by atoms with van der Waals surface area (Å²) in [6.45, 7) is -0.243. The topological polar surface area (TPSA) is 77.8 Å². The number of hydrogen-bond donors (Lipinski definition) is 3. The molecule has 0 fully saturated rings. The third-order valence-electron chi connectivity index (χ3n) is 1.94. The highest BCUT2D eigenvalue weighted by Crippen LogP contribution is 2.19. The van der Waals surface area contributed by atoms with Crippen LogP contribution in [0.1, 0.15) is 17.5 Å². The number of carboxylic acid groups (broad SMARTS) is 1. The molecule has 1 rings (SSSR count). The highest BCUT2D eigenvalue weighted by atomic mass is 16.4. The van der Waals surface area contributed by atoms with Crippen molar-refractivity contribution in [2.24, 2.45) is 0 Å². The van der Waals surface area contributed by atoms with Gasteiger partial charge in [-0.25, -0.2) is 0 Å². The zero-order valence-electron chi connectivity index (χ0n) is 7.60. The minimum absolute atomic E-state index is 0.0339. The van der Waals surface area contributed by atoms with Crippen LogP contribution in [0.25, 0.3) is 0 Å². The van der Waals surface area contributed by atoms with Crippen LogP contribution in [0.5, 0.6) is 5.75 Å². The first-order valence-corrected chi connectivity index (χ1v) is 4.27. The smallest absolute Gasteiger partial charge is 0.303 e. The van der Waals surface area contributed by atoms with Crippen LogP contribution in [-0.4, -0.2) is 21.3 Å². The predicted octanol–water partition coefficient (Wildman–Crippen LogP) is 0.902. The Morgan fingerprint density at radius 1 is 1.36 bits per heavy atom. The second kappa shape index (κ2) is 4.62. The molecule has 0 aliphatic heterocycles. The van der Waals surface area contributed by atoms with Gasteiger partial charge in [0.2, 0.25) is 0 Å². The number of aliphatic hydroxyl groups is 1. The summed E-state index contributed by atoms with van der Waals surface area (Å²) < 4.78 is 0. The van der Waals surface area contributed by atoms with E-state index in [1.165, 1.54) is 6.07 Å². The average Bonchev–Trinajstić information content (AvgIpc) is 2.16. The molecule has 1 aromatic carbocycles. The molecule has 1 aromatic rings. The lowest BCUT2D eigenvalue weighted by Crippen LogP contribution is -1.98. The number of aryl methyl sites for hydroxylation is 1. The summed E-state index contributed by atoms with van der Waals surface area (Å²) in [5.74, 6) is -0.824. The van der Waals surface area contributed by atoms with E-state index in [2.05, 4.69) is 0 Å². The van der Waals surface area contributed by atoms with Crippen LogP contribution in [0.2, 0.25) is 0 Å². The Kier molecular flexibility index (Phi) is 3.48. The van der Waals surface area contributed by atoms with Gasteiger partial charge in [0.1, 0.15) is 5.75 Å². The first-order valence-electron chi connectivity index (χ1n) is 4.27. The van der Waals surface area contributed by atoms with Crippen molar-refractivity contribution >= 4 is 5.97 Å². The van der Waals surface area contributed by atoms with Crippen molar-refractivity contribution in [3.63, 3.8) is 0 Å². The summed E-state index contributed by atoms with van der Waals surface area (Å²) in [7, 11) is 0. The number of phenols is 1. The van der Waals surface area contributed by atoms with E-state index < -0.39 is 5.97 Å². The molecule has 0 saturated carbocycles. The van der Waals surface area contributed by atoms with E-state index >= 15 is 0 Å². The molecule has 4 nitrogen and oxygen atoms in total. The molecule has 4 heteroatoms. The predicted molar refractivity (Wildman–Crippen MR) is 50.0 cm³/mol. The van der Waals surface area contributed by atoms with Gasteiger partial charge in [0.05, 0.1) is 6.61 Å². The summed E-state index contributed by atoms with van der Waals surface area (Å²) in [5.41, 5.74) is 1.22. The summed E-state index contributed by atoms with van der Waals surface area (Å²) in [6, 6.07) is 4.72. The molecule has 0 saturated heterocycles. The fourth-order valence-corrected chi connectivity index (χ4v) is 1.17. The molecule has 0 amide bonds. The Balaban J connectivity index is 2.74. The summed E-state index contributed by atoms with van der Waals surface area (Å²) >= 11 is 0. The number of aromatic hydroxyl groups is 1. The summed E-state index contributed by atoms with van der Waals surface area (Å²) in [4.78, 5) is 10.3. The Morgan fingerprint density at radius 2 is 2.07 bits per heavy atom. The monoisotopic (exact) mass is 196 g/mol. The van der Waals surface area contributed by atoms with Gasteiger partial charge >= 0.3 is 5.97 Å². The van der Waals surface area contributed by atoms with Crippen LogP contribution in [0.3, 0.4) is 0 Å². The number of rotatable bonds is 4. The molecule has 0 radical (unpaired) electrons. The van der Waals surface area contributed by atoms with Gasteiger partial charge in [-0.1, -0.05) is 6.07 Å². The van der Waals surface area contributed by atoms with Gasteiger partial charge in [0, 0.05) is 12.0 Å². The third kappa shape index (κ3) is 2.74. The number of benzene rings is 1. The average molecular weight is 196 g/mol. The van der Waals surface area contributed by atoms with E-state index in [1.54, 1.807) is 12.1 Å². The molecule has 0 unspecified atom stereocenters. The third-order valence-corrected chi connectivity index (χ3v) is 1.94. The normalized spacial score (nSPS) is 10.1. The molecule has 0 heterocycles. The van der Waals surface area contributed by atoms with Crippen LogP contribution in [0.15, 0.2) is 18.2 Å². The first-order chi connectivity index (χ1) is 6.63. The Morgan fingerprint density at radius 3 is 2.64 bits per heavy atom. The van der Waals surface area contributed by atoms with Crippen LogP contribution in [0, 0.1) is 0 Å². The van der Waals surface area contributed by atoms with Crippen molar-refractivity contribution in [3.05, 3.63) is 29.3 Å². The lowest BCUT2D eigenvalue weighted by molar-refractivity contribution is -0.136. The molecule has 0 aliphatic rings. The van der Waals surface area contributed by atoms with Crippen molar-refractivity contribution in [1.29, 1.82) is 0 Å². The lowest BCUT2D eigenvalue weighted by Gasteiger charge is -2.04. The van der Waals surface area contributed by atoms with Crippen LogP contribution < -0.4 is 0 Å². The van der Waals surface area contributed by atoms with Crippen LogP contribution in [-0.2, 0) is 17.8 Å². The van der Waals surface area contributed by atoms with Crippen molar-refractivity contribution in [3.8, 4) is 5.75 Å². The van der Waals surface area contributed by atoms with Crippen molar-refractivity contribution in [2.75, 3.05) is 0 Å².